The van der Waals surface area contributed by atoms with Crippen LogP contribution in [-0.2, 0) is 16.0 Å². The lowest BCUT2D eigenvalue weighted by Gasteiger charge is -2.22. The zero-order valence-corrected chi connectivity index (χ0v) is 12.2. The summed E-state index contributed by atoms with van der Waals surface area (Å²) in [5, 5.41) is 8.13. The normalized spacial score (nSPS) is 16.8. The Morgan fingerprint density at radius 3 is 2.79 bits per heavy atom. The highest BCUT2D eigenvalue weighted by Gasteiger charge is 2.16. The summed E-state index contributed by atoms with van der Waals surface area (Å²) in [4.78, 5) is 0. The summed E-state index contributed by atoms with van der Waals surface area (Å²) in [6, 6.07) is 0. The average molecular weight is 267 g/mol. The van der Waals surface area contributed by atoms with Crippen molar-refractivity contribution in [1.29, 1.82) is 0 Å². The molecule has 2 rings (SSSR count). The van der Waals surface area contributed by atoms with E-state index in [9.17, 15) is 0 Å². The Morgan fingerprint density at radius 1 is 1.37 bits per heavy atom. The lowest BCUT2D eigenvalue weighted by atomic mass is 10.0. The van der Waals surface area contributed by atoms with Gasteiger partial charge in [-0.1, -0.05) is 0 Å². The van der Waals surface area contributed by atoms with Gasteiger partial charge in [0.2, 0.25) is 0 Å². The van der Waals surface area contributed by atoms with Crippen molar-refractivity contribution in [2.75, 3.05) is 38.8 Å². The SMILES string of the molecule is COCCn1nc(C)c(NCC2CCOCC2)c1C. The van der Waals surface area contributed by atoms with Crippen molar-refractivity contribution < 1.29 is 9.47 Å². The number of anilines is 1. The first kappa shape index (κ1) is 14.3. The van der Waals surface area contributed by atoms with Gasteiger partial charge in [-0.3, -0.25) is 4.68 Å². The van der Waals surface area contributed by atoms with Crippen molar-refractivity contribution in [3.63, 3.8) is 0 Å². The molecule has 108 valence electrons. The quantitative estimate of drug-likeness (QED) is 0.856. The van der Waals surface area contributed by atoms with Crippen LogP contribution in [0, 0.1) is 19.8 Å². The van der Waals surface area contributed by atoms with Gasteiger partial charge in [-0.15, -0.1) is 0 Å². The standard InChI is InChI=1S/C14H25N3O2/c1-11-14(12(2)17(16-11)6-9-18-3)15-10-13-4-7-19-8-5-13/h13,15H,4-10H2,1-3H3. The number of nitrogens with zero attached hydrogens (tertiary/aromatic N) is 2. The Balaban J connectivity index is 1.93. The van der Waals surface area contributed by atoms with Gasteiger partial charge in [0.05, 0.1) is 30.2 Å². The topological polar surface area (TPSA) is 48.3 Å². The molecule has 1 N–H and O–H groups in total. The summed E-state index contributed by atoms with van der Waals surface area (Å²) in [5.74, 6) is 0.717. The van der Waals surface area contributed by atoms with Crippen LogP contribution in [0.4, 0.5) is 5.69 Å². The van der Waals surface area contributed by atoms with E-state index < -0.39 is 0 Å². The number of nitrogens with one attached hydrogen (secondary N) is 1. The monoisotopic (exact) mass is 267 g/mol. The largest absolute Gasteiger partial charge is 0.383 e. The zero-order valence-electron chi connectivity index (χ0n) is 12.2. The molecule has 19 heavy (non-hydrogen) atoms. The minimum Gasteiger partial charge on any atom is -0.383 e. The van der Waals surface area contributed by atoms with Crippen LogP contribution in [0.3, 0.4) is 0 Å². The molecule has 2 heterocycles. The van der Waals surface area contributed by atoms with E-state index in [1.165, 1.54) is 11.4 Å². The fraction of sp³-hybridized carbons (Fsp3) is 0.786. The first-order chi connectivity index (χ1) is 9.22. The second-order valence-corrected chi connectivity index (χ2v) is 5.20. The average Bonchev–Trinajstić information content (AvgIpc) is 2.70. The highest BCUT2D eigenvalue weighted by molar-refractivity contribution is 5.52. The lowest BCUT2D eigenvalue weighted by molar-refractivity contribution is 0.0699. The molecule has 0 spiro atoms. The molecule has 0 unspecified atom stereocenters. The van der Waals surface area contributed by atoms with E-state index in [1.807, 2.05) is 4.68 Å². The molecular formula is C14H25N3O2. The number of hydrogen-bond acceptors (Lipinski definition) is 4. The van der Waals surface area contributed by atoms with Crippen molar-refractivity contribution in [2.24, 2.45) is 5.92 Å². The predicted molar refractivity (Wildman–Crippen MR) is 75.6 cm³/mol. The Bertz CT molecular complexity index is 398. The molecular weight excluding hydrogens is 242 g/mol. The van der Waals surface area contributed by atoms with Crippen LogP contribution in [0.15, 0.2) is 0 Å². The highest BCUT2D eigenvalue weighted by Crippen LogP contribution is 2.21. The van der Waals surface area contributed by atoms with Crippen molar-refractivity contribution in [1.82, 2.24) is 9.78 Å². The molecule has 0 aromatic carbocycles. The maximum Gasteiger partial charge on any atom is 0.0827 e. The van der Waals surface area contributed by atoms with E-state index in [2.05, 4.69) is 24.3 Å². The fourth-order valence-electron chi connectivity index (χ4n) is 2.55. The molecule has 0 bridgehead atoms. The van der Waals surface area contributed by atoms with E-state index in [0.29, 0.717) is 6.61 Å². The Kier molecular flexibility index (Phi) is 5.22. The minimum absolute atomic E-state index is 0.696. The fourth-order valence-corrected chi connectivity index (χ4v) is 2.55. The second kappa shape index (κ2) is 6.91. The van der Waals surface area contributed by atoms with Gasteiger partial charge in [0, 0.05) is 26.9 Å². The molecule has 1 saturated heterocycles. The van der Waals surface area contributed by atoms with Crippen LogP contribution in [0.5, 0.6) is 0 Å². The third-order valence-corrected chi connectivity index (χ3v) is 3.80. The highest BCUT2D eigenvalue weighted by atomic mass is 16.5. The number of aryl methyl sites for hydroxylation is 1. The summed E-state index contributed by atoms with van der Waals surface area (Å²) in [5.41, 5.74) is 3.45. The van der Waals surface area contributed by atoms with E-state index in [-0.39, 0.29) is 0 Å². The Labute approximate surface area is 115 Å². The minimum atomic E-state index is 0.696. The number of aromatic nitrogens is 2. The first-order valence-corrected chi connectivity index (χ1v) is 7.07. The van der Waals surface area contributed by atoms with Gasteiger partial charge >= 0.3 is 0 Å². The number of methoxy groups -OCH3 is 1. The molecule has 1 fully saturated rings. The van der Waals surface area contributed by atoms with Crippen LogP contribution >= 0.6 is 0 Å². The van der Waals surface area contributed by atoms with Crippen LogP contribution < -0.4 is 5.32 Å². The van der Waals surface area contributed by atoms with Gasteiger partial charge in [0.1, 0.15) is 0 Å². The van der Waals surface area contributed by atoms with Crippen LogP contribution in [-0.4, -0.2) is 43.3 Å². The molecule has 0 atom stereocenters. The Morgan fingerprint density at radius 2 is 2.11 bits per heavy atom. The molecule has 1 aromatic heterocycles. The molecule has 0 aliphatic carbocycles. The van der Waals surface area contributed by atoms with E-state index in [4.69, 9.17) is 9.47 Å². The van der Waals surface area contributed by atoms with Gasteiger partial charge in [-0.05, 0) is 32.6 Å². The van der Waals surface area contributed by atoms with Gasteiger partial charge < -0.3 is 14.8 Å². The van der Waals surface area contributed by atoms with Gasteiger partial charge in [0.25, 0.3) is 0 Å². The predicted octanol–water partition coefficient (Wildman–Crippen LogP) is 1.98. The van der Waals surface area contributed by atoms with Crippen LogP contribution in [0.1, 0.15) is 24.2 Å². The summed E-state index contributed by atoms with van der Waals surface area (Å²) < 4.78 is 12.5. The van der Waals surface area contributed by atoms with Gasteiger partial charge in [-0.25, -0.2) is 0 Å². The van der Waals surface area contributed by atoms with Crippen molar-refractivity contribution in [3.8, 4) is 0 Å². The Hall–Kier alpha value is -1.07. The lowest BCUT2D eigenvalue weighted by Crippen LogP contribution is -2.23. The van der Waals surface area contributed by atoms with Crippen molar-refractivity contribution >= 4 is 5.69 Å². The molecule has 1 aliphatic rings. The summed E-state index contributed by atoms with van der Waals surface area (Å²) in [6.45, 7) is 8.49. The van der Waals surface area contributed by atoms with E-state index >= 15 is 0 Å². The smallest absolute Gasteiger partial charge is 0.0827 e. The third-order valence-electron chi connectivity index (χ3n) is 3.80. The maximum absolute atomic E-state index is 5.39. The molecule has 5 nitrogen and oxygen atoms in total. The number of ether oxygens (including phenoxy) is 2. The molecule has 1 aliphatic heterocycles. The number of hydrogen-bond donors (Lipinski definition) is 1. The van der Waals surface area contributed by atoms with Crippen molar-refractivity contribution in [3.05, 3.63) is 11.4 Å². The molecule has 0 saturated carbocycles. The first-order valence-electron chi connectivity index (χ1n) is 7.07. The second-order valence-electron chi connectivity index (χ2n) is 5.20. The zero-order chi connectivity index (χ0) is 13.7. The summed E-state index contributed by atoms with van der Waals surface area (Å²) in [6.07, 6.45) is 2.31. The summed E-state index contributed by atoms with van der Waals surface area (Å²) in [7, 11) is 1.72. The third kappa shape index (κ3) is 3.70. The van der Waals surface area contributed by atoms with Crippen molar-refractivity contribution in [2.45, 2.75) is 33.2 Å². The molecule has 0 radical (unpaired) electrons. The van der Waals surface area contributed by atoms with E-state index in [0.717, 1.165) is 50.8 Å². The van der Waals surface area contributed by atoms with E-state index in [1.54, 1.807) is 7.11 Å². The van der Waals surface area contributed by atoms with Gasteiger partial charge in [-0.2, -0.15) is 5.10 Å². The maximum atomic E-state index is 5.39. The van der Waals surface area contributed by atoms with Crippen LogP contribution in [0.25, 0.3) is 0 Å². The van der Waals surface area contributed by atoms with Crippen LogP contribution in [0.2, 0.25) is 0 Å². The summed E-state index contributed by atoms with van der Waals surface area (Å²) >= 11 is 0. The number of rotatable bonds is 6. The van der Waals surface area contributed by atoms with Gasteiger partial charge in [0.15, 0.2) is 0 Å². The molecule has 0 amide bonds. The molecule has 5 heteroatoms. The molecule has 1 aromatic rings.